The number of allylic oxidation sites excluding steroid dienone is 2. The Hall–Kier alpha value is -2.23. The zero-order chi connectivity index (χ0) is 15.6. The summed E-state index contributed by atoms with van der Waals surface area (Å²) in [5, 5.41) is 3.51. The predicted octanol–water partition coefficient (Wildman–Crippen LogP) is 2.84. The smallest absolute Gasteiger partial charge is 0.286 e. The largest absolute Gasteiger partial charge is 0.463 e. The maximum absolute atomic E-state index is 5.60. The van der Waals surface area contributed by atoms with Crippen LogP contribution < -0.4 is 5.32 Å². The van der Waals surface area contributed by atoms with Crippen molar-refractivity contribution in [2.24, 2.45) is 4.99 Å². The van der Waals surface area contributed by atoms with E-state index in [-0.39, 0.29) is 0 Å². The molecule has 0 fully saturated rings. The molecule has 4 nitrogen and oxygen atoms in total. The number of aryl methyl sites for hydroxylation is 1. The lowest BCUT2D eigenvalue weighted by molar-refractivity contribution is 0.146. The Morgan fingerprint density at radius 1 is 1.27 bits per heavy atom. The van der Waals surface area contributed by atoms with Gasteiger partial charge in [-0.05, 0) is 38.0 Å². The molecule has 2 heterocycles. The molecule has 22 heavy (non-hydrogen) atoms. The van der Waals surface area contributed by atoms with Crippen LogP contribution in [-0.2, 0) is 10.4 Å². The van der Waals surface area contributed by atoms with E-state index in [4.69, 9.17) is 4.74 Å². The van der Waals surface area contributed by atoms with Crippen LogP contribution in [0.5, 0.6) is 0 Å². The fourth-order valence-electron chi connectivity index (χ4n) is 2.99. The first-order valence-corrected chi connectivity index (χ1v) is 7.73. The summed E-state index contributed by atoms with van der Waals surface area (Å²) in [6, 6.07) is 7.07. The molecular formula is C18H23N3O. The van der Waals surface area contributed by atoms with Crippen LogP contribution >= 0.6 is 0 Å². The molecule has 0 aliphatic carbocycles. The van der Waals surface area contributed by atoms with Crippen molar-refractivity contribution < 1.29 is 4.74 Å². The van der Waals surface area contributed by atoms with Gasteiger partial charge in [-0.25, -0.2) is 4.99 Å². The van der Waals surface area contributed by atoms with Gasteiger partial charge in [-0.2, -0.15) is 0 Å². The summed E-state index contributed by atoms with van der Waals surface area (Å²) in [5.74, 6) is 0. The van der Waals surface area contributed by atoms with E-state index in [1.807, 2.05) is 0 Å². The van der Waals surface area contributed by atoms with Crippen LogP contribution in [0.25, 0.3) is 0 Å². The molecule has 0 radical (unpaired) electrons. The number of aliphatic imine (C=N–C) groups is 1. The molecule has 0 saturated carbocycles. The topological polar surface area (TPSA) is 36.9 Å². The first-order chi connectivity index (χ1) is 10.6. The van der Waals surface area contributed by atoms with Gasteiger partial charge in [0.05, 0.1) is 6.54 Å². The summed E-state index contributed by atoms with van der Waals surface area (Å²) in [7, 11) is 0. The number of hydrogen-bond donors (Lipinski definition) is 1. The second kappa shape index (κ2) is 5.87. The summed E-state index contributed by atoms with van der Waals surface area (Å²) in [6.07, 6.45) is 8.40. The van der Waals surface area contributed by atoms with Crippen LogP contribution in [-0.4, -0.2) is 30.6 Å². The normalized spacial score (nSPS) is 19.6. The van der Waals surface area contributed by atoms with Crippen molar-refractivity contribution in [1.82, 2.24) is 10.2 Å². The lowest BCUT2D eigenvalue weighted by atomic mass is 9.92. The van der Waals surface area contributed by atoms with E-state index in [1.54, 1.807) is 0 Å². The molecular weight excluding hydrogens is 274 g/mol. The summed E-state index contributed by atoms with van der Waals surface area (Å²) in [6.45, 7) is 8.73. The maximum Gasteiger partial charge on any atom is 0.286 e. The number of amidine groups is 1. The molecule has 1 N–H and O–H groups in total. The fraction of sp³-hybridized carbons (Fsp3) is 0.389. The van der Waals surface area contributed by atoms with Crippen molar-refractivity contribution in [3.8, 4) is 0 Å². The third kappa shape index (κ3) is 2.61. The highest BCUT2D eigenvalue weighted by Crippen LogP contribution is 2.31. The number of benzene rings is 1. The van der Waals surface area contributed by atoms with Gasteiger partial charge >= 0.3 is 0 Å². The molecule has 3 rings (SSSR count). The van der Waals surface area contributed by atoms with Gasteiger partial charge in [-0.3, -0.25) is 0 Å². The number of rotatable bonds is 3. The molecule has 0 amide bonds. The fourth-order valence-corrected chi connectivity index (χ4v) is 2.99. The van der Waals surface area contributed by atoms with Gasteiger partial charge in [0.1, 0.15) is 12.3 Å². The highest BCUT2D eigenvalue weighted by molar-refractivity contribution is 5.76. The van der Waals surface area contributed by atoms with Crippen LogP contribution in [0.1, 0.15) is 23.6 Å². The lowest BCUT2D eigenvalue weighted by Gasteiger charge is -2.43. The molecule has 1 aromatic rings. The number of hydrogen-bond acceptors (Lipinski definition) is 4. The van der Waals surface area contributed by atoms with Crippen molar-refractivity contribution in [3.05, 3.63) is 59.3 Å². The maximum atomic E-state index is 5.60. The summed E-state index contributed by atoms with van der Waals surface area (Å²) >= 11 is 0. The van der Waals surface area contributed by atoms with E-state index in [0.717, 1.165) is 13.1 Å². The quantitative estimate of drug-likeness (QED) is 0.932. The monoisotopic (exact) mass is 297 g/mol. The zero-order valence-corrected chi connectivity index (χ0v) is 13.5. The van der Waals surface area contributed by atoms with Crippen molar-refractivity contribution >= 4 is 6.02 Å². The van der Waals surface area contributed by atoms with E-state index in [1.165, 1.54) is 16.7 Å². The molecule has 1 atom stereocenters. The number of ether oxygens (including phenoxy) is 1. The van der Waals surface area contributed by atoms with Gasteiger partial charge in [-0.15, -0.1) is 0 Å². The van der Waals surface area contributed by atoms with Gasteiger partial charge in [0.2, 0.25) is 0 Å². The van der Waals surface area contributed by atoms with Gasteiger partial charge < -0.3 is 15.0 Å². The van der Waals surface area contributed by atoms with E-state index in [9.17, 15) is 0 Å². The highest BCUT2D eigenvalue weighted by atomic mass is 16.5. The minimum absolute atomic E-state index is 0.402. The zero-order valence-electron chi connectivity index (χ0n) is 13.5. The van der Waals surface area contributed by atoms with Crippen molar-refractivity contribution in [2.75, 3.05) is 19.7 Å². The standard InChI is InChI=1S/C18H23N3O/c1-14-8-7-9-16(15(14)2)18(3,20-17-19-10-13-22-17)21-11-5-4-6-12-21/h4-9,11H,10,12-13H2,1-3H3,(H,19,20). The molecule has 0 bridgehead atoms. The Morgan fingerprint density at radius 3 is 2.82 bits per heavy atom. The van der Waals surface area contributed by atoms with Gasteiger partial charge in [0.25, 0.3) is 6.02 Å². The number of nitrogens with one attached hydrogen (secondary N) is 1. The Bertz CT molecular complexity index is 648. The highest BCUT2D eigenvalue weighted by Gasteiger charge is 2.35. The minimum Gasteiger partial charge on any atom is -0.463 e. The molecule has 116 valence electrons. The van der Waals surface area contributed by atoms with E-state index in [2.05, 4.69) is 78.6 Å². The van der Waals surface area contributed by atoms with Crippen LogP contribution in [0, 0.1) is 13.8 Å². The second-order valence-electron chi connectivity index (χ2n) is 5.90. The van der Waals surface area contributed by atoms with Crippen LogP contribution in [0.2, 0.25) is 0 Å². The van der Waals surface area contributed by atoms with Crippen LogP contribution in [0.4, 0.5) is 0 Å². The van der Waals surface area contributed by atoms with Crippen LogP contribution in [0.15, 0.2) is 47.6 Å². The average Bonchev–Trinajstić information content (AvgIpc) is 3.03. The van der Waals surface area contributed by atoms with Crippen molar-refractivity contribution in [3.63, 3.8) is 0 Å². The van der Waals surface area contributed by atoms with E-state index < -0.39 is 5.66 Å². The first kappa shape index (κ1) is 14.7. The predicted molar refractivity (Wildman–Crippen MR) is 89.6 cm³/mol. The Balaban J connectivity index is 2.03. The third-order valence-electron chi connectivity index (χ3n) is 4.45. The van der Waals surface area contributed by atoms with E-state index >= 15 is 0 Å². The SMILES string of the molecule is Cc1cccc(C(C)(NC2=NCCO2)N2C=CC=CC2)c1C. The summed E-state index contributed by atoms with van der Waals surface area (Å²) < 4.78 is 5.60. The van der Waals surface area contributed by atoms with Gasteiger partial charge in [-0.1, -0.05) is 30.4 Å². The molecule has 0 spiro atoms. The molecule has 2 aliphatic rings. The second-order valence-corrected chi connectivity index (χ2v) is 5.90. The average molecular weight is 297 g/mol. The molecule has 0 saturated heterocycles. The molecule has 1 unspecified atom stereocenters. The Morgan fingerprint density at radius 2 is 2.14 bits per heavy atom. The molecule has 1 aromatic carbocycles. The van der Waals surface area contributed by atoms with Gasteiger partial charge in [0, 0.05) is 18.3 Å². The Kier molecular flexibility index (Phi) is 3.92. The van der Waals surface area contributed by atoms with Crippen molar-refractivity contribution in [2.45, 2.75) is 26.4 Å². The van der Waals surface area contributed by atoms with Crippen LogP contribution in [0.3, 0.4) is 0 Å². The third-order valence-corrected chi connectivity index (χ3v) is 4.45. The lowest BCUT2D eigenvalue weighted by Crippen LogP contribution is -2.55. The summed E-state index contributed by atoms with van der Waals surface area (Å²) in [4.78, 5) is 6.68. The molecule has 0 aromatic heterocycles. The molecule has 2 aliphatic heterocycles. The van der Waals surface area contributed by atoms with Crippen molar-refractivity contribution in [1.29, 1.82) is 0 Å². The molecule has 4 heteroatoms. The Labute approximate surface area is 132 Å². The summed E-state index contributed by atoms with van der Waals surface area (Å²) in [5.41, 5.74) is 3.42. The van der Waals surface area contributed by atoms with Gasteiger partial charge in [0.15, 0.2) is 0 Å². The van der Waals surface area contributed by atoms with E-state index in [0.29, 0.717) is 12.6 Å². The number of nitrogens with zero attached hydrogens (tertiary/aromatic N) is 2. The minimum atomic E-state index is -0.402. The first-order valence-electron chi connectivity index (χ1n) is 7.73.